The van der Waals surface area contributed by atoms with Crippen molar-refractivity contribution in [2.24, 2.45) is 0 Å². The molecule has 2 rings (SSSR count). The van der Waals surface area contributed by atoms with Crippen LogP contribution < -0.4 is 10.1 Å². The number of phenols is 1. The molecule has 2 aromatic rings. The molecule has 5 heteroatoms. The summed E-state index contributed by atoms with van der Waals surface area (Å²) in [7, 11) is 1.57. The Kier molecular flexibility index (Phi) is 4.29. The molecule has 0 saturated carbocycles. The van der Waals surface area contributed by atoms with E-state index in [9.17, 15) is 5.11 Å². The third kappa shape index (κ3) is 3.11. The lowest BCUT2D eigenvalue weighted by Crippen LogP contribution is -2.22. The summed E-state index contributed by atoms with van der Waals surface area (Å²) in [6, 6.07) is 5.20. The van der Waals surface area contributed by atoms with E-state index in [1.807, 2.05) is 32.9 Å². The van der Waals surface area contributed by atoms with E-state index in [0.717, 1.165) is 11.3 Å². The van der Waals surface area contributed by atoms with Gasteiger partial charge in [0.1, 0.15) is 17.3 Å². The number of hydrogen-bond donors (Lipinski definition) is 2. The topological polar surface area (TPSA) is 67.5 Å². The van der Waals surface area contributed by atoms with Crippen LogP contribution in [0.1, 0.15) is 43.1 Å². The number of benzene rings is 1. The van der Waals surface area contributed by atoms with Crippen molar-refractivity contribution in [1.29, 1.82) is 0 Å². The molecule has 0 radical (unpaired) electrons. The minimum absolute atomic E-state index is 0.0388. The Labute approximate surface area is 118 Å². The van der Waals surface area contributed by atoms with Crippen molar-refractivity contribution in [2.45, 2.75) is 32.9 Å². The summed E-state index contributed by atoms with van der Waals surface area (Å²) in [5, 5.41) is 13.4. The molecule has 0 aliphatic heterocycles. The fraction of sp³-hybridized carbons (Fsp3) is 0.400. The van der Waals surface area contributed by atoms with E-state index in [1.165, 1.54) is 0 Å². The number of oxazole rings is 1. The largest absolute Gasteiger partial charge is 0.507 e. The number of rotatable bonds is 5. The van der Waals surface area contributed by atoms with Crippen LogP contribution in [-0.2, 0) is 0 Å². The number of hydrogen-bond acceptors (Lipinski definition) is 5. The molecule has 0 aliphatic carbocycles. The predicted molar refractivity (Wildman–Crippen MR) is 75.9 cm³/mol. The lowest BCUT2D eigenvalue weighted by Gasteiger charge is -2.19. The first kappa shape index (κ1) is 14.4. The molecule has 1 aromatic carbocycles. The molecule has 0 fully saturated rings. The van der Waals surface area contributed by atoms with Gasteiger partial charge in [0, 0.05) is 17.7 Å². The summed E-state index contributed by atoms with van der Waals surface area (Å²) < 4.78 is 10.6. The summed E-state index contributed by atoms with van der Waals surface area (Å²) in [4.78, 5) is 4.20. The average molecular weight is 276 g/mol. The SMILES string of the molecule is COc1ccc(C(C)NC(C)c2ncc(C)o2)c(O)c1. The monoisotopic (exact) mass is 276 g/mol. The van der Waals surface area contributed by atoms with Crippen molar-refractivity contribution in [1.82, 2.24) is 10.3 Å². The van der Waals surface area contributed by atoms with Crippen LogP contribution in [0.25, 0.3) is 0 Å². The molecule has 1 aromatic heterocycles. The molecule has 0 amide bonds. The molecule has 2 N–H and O–H groups in total. The van der Waals surface area contributed by atoms with Gasteiger partial charge in [0.05, 0.1) is 19.3 Å². The summed E-state index contributed by atoms with van der Waals surface area (Å²) in [5.74, 6) is 2.27. The Morgan fingerprint density at radius 2 is 2.05 bits per heavy atom. The summed E-state index contributed by atoms with van der Waals surface area (Å²) >= 11 is 0. The quantitative estimate of drug-likeness (QED) is 0.878. The number of aromatic hydroxyl groups is 1. The maximum Gasteiger partial charge on any atom is 0.211 e. The van der Waals surface area contributed by atoms with Gasteiger partial charge < -0.3 is 14.3 Å². The van der Waals surface area contributed by atoms with Gasteiger partial charge in [-0.15, -0.1) is 0 Å². The normalized spacial score (nSPS) is 14.0. The Bertz CT molecular complexity index is 580. The Hall–Kier alpha value is -2.01. The van der Waals surface area contributed by atoms with Gasteiger partial charge in [0.25, 0.3) is 0 Å². The van der Waals surface area contributed by atoms with Crippen LogP contribution >= 0.6 is 0 Å². The van der Waals surface area contributed by atoms with E-state index in [2.05, 4.69) is 10.3 Å². The smallest absolute Gasteiger partial charge is 0.211 e. The van der Waals surface area contributed by atoms with Crippen LogP contribution in [0.3, 0.4) is 0 Å². The van der Waals surface area contributed by atoms with E-state index < -0.39 is 0 Å². The van der Waals surface area contributed by atoms with E-state index in [0.29, 0.717) is 11.6 Å². The molecule has 108 valence electrons. The van der Waals surface area contributed by atoms with Gasteiger partial charge in [-0.05, 0) is 26.8 Å². The molecule has 0 saturated heterocycles. The van der Waals surface area contributed by atoms with E-state index >= 15 is 0 Å². The number of ether oxygens (including phenoxy) is 1. The van der Waals surface area contributed by atoms with Gasteiger partial charge in [-0.25, -0.2) is 4.98 Å². The van der Waals surface area contributed by atoms with Gasteiger partial charge in [-0.1, -0.05) is 6.07 Å². The van der Waals surface area contributed by atoms with Crippen molar-refractivity contribution in [3.05, 3.63) is 41.6 Å². The fourth-order valence-corrected chi connectivity index (χ4v) is 2.13. The van der Waals surface area contributed by atoms with Crippen molar-refractivity contribution >= 4 is 0 Å². The minimum atomic E-state index is -0.0415. The number of aryl methyl sites for hydroxylation is 1. The molecule has 2 unspecified atom stereocenters. The third-order valence-corrected chi connectivity index (χ3v) is 3.21. The van der Waals surface area contributed by atoms with Crippen LogP contribution in [0.2, 0.25) is 0 Å². The zero-order valence-electron chi connectivity index (χ0n) is 12.2. The molecule has 5 nitrogen and oxygen atoms in total. The summed E-state index contributed by atoms with van der Waals surface area (Å²) in [5.41, 5.74) is 0.806. The van der Waals surface area contributed by atoms with Crippen LogP contribution in [0.15, 0.2) is 28.8 Å². The molecule has 0 spiro atoms. The lowest BCUT2D eigenvalue weighted by atomic mass is 10.1. The highest BCUT2D eigenvalue weighted by Gasteiger charge is 2.17. The fourth-order valence-electron chi connectivity index (χ4n) is 2.13. The Morgan fingerprint density at radius 1 is 1.30 bits per heavy atom. The molecule has 2 atom stereocenters. The first-order valence-electron chi connectivity index (χ1n) is 6.56. The van der Waals surface area contributed by atoms with Crippen LogP contribution in [0.5, 0.6) is 11.5 Å². The highest BCUT2D eigenvalue weighted by molar-refractivity contribution is 5.41. The van der Waals surface area contributed by atoms with E-state index in [4.69, 9.17) is 9.15 Å². The molecule has 0 bridgehead atoms. The van der Waals surface area contributed by atoms with Gasteiger partial charge in [0.15, 0.2) is 0 Å². The molecule has 0 aliphatic rings. The summed E-state index contributed by atoms with van der Waals surface area (Å²) in [6.07, 6.45) is 1.70. The zero-order valence-corrected chi connectivity index (χ0v) is 12.2. The van der Waals surface area contributed by atoms with Crippen molar-refractivity contribution in [2.75, 3.05) is 7.11 Å². The maximum absolute atomic E-state index is 10.0. The molecular formula is C15H20N2O3. The number of nitrogens with one attached hydrogen (secondary N) is 1. The second-order valence-corrected chi connectivity index (χ2v) is 4.84. The Balaban J connectivity index is 2.09. The molecule has 20 heavy (non-hydrogen) atoms. The highest BCUT2D eigenvalue weighted by Crippen LogP contribution is 2.29. The van der Waals surface area contributed by atoms with Gasteiger partial charge in [-0.3, -0.25) is 5.32 Å². The predicted octanol–water partition coefficient (Wildman–Crippen LogP) is 3.11. The number of phenolic OH excluding ortho intramolecular Hbond substituents is 1. The zero-order chi connectivity index (χ0) is 14.7. The van der Waals surface area contributed by atoms with E-state index in [-0.39, 0.29) is 17.8 Å². The Morgan fingerprint density at radius 3 is 2.60 bits per heavy atom. The van der Waals surface area contributed by atoms with Gasteiger partial charge >= 0.3 is 0 Å². The van der Waals surface area contributed by atoms with Gasteiger partial charge in [-0.2, -0.15) is 0 Å². The highest BCUT2D eigenvalue weighted by atomic mass is 16.5. The van der Waals surface area contributed by atoms with Gasteiger partial charge in [0.2, 0.25) is 5.89 Å². The van der Waals surface area contributed by atoms with E-state index in [1.54, 1.807) is 19.4 Å². The summed E-state index contributed by atoms with van der Waals surface area (Å²) in [6.45, 7) is 5.82. The van der Waals surface area contributed by atoms with Crippen molar-refractivity contribution in [3.63, 3.8) is 0 Å². The van der Waals surface area contributed by atoms with Crippen LogP contribution in [0.4, 0.5) is 0 Å². The number of aromatic nitrogens is 1. The second kappa shape index (κ2) is 5.96. The maximum atomic E-state index is 10.0. The third-order valence-electron chi connectivity index (χ3n) is 3.21. The molecular weight excluding hydrogens is 256 g/mol. The first-order valence-corrected chi connectivity index (χ1v) is 6.56. The number of nitrogens with zero attached hydrogens (tertiary/aromatic N) is 1. The second-order valence-electron chi connectivity index (χ2n) is 4.84. The molecule has 1 heterocycles. The average Bonchev–Trinajstić information content (AvgIpc) is 2.85. The van der Waals surface area contributed by atoms with Crippen LogP contribution in [0, 0.1) is 6.92 Å². The van der Waals surface area contributed by atoms with Crippen LogP contribution in [-0.4, -0.2) is 17.2 Å². The lowest BCUT2D eigenvalue weighted by molar-refractivity contribution is 0.371. The number of methoxy groups -OCH3 is 1. The standard InChI is InChI=1S/C15H20N2O3/c1-9-8-16-15(20-9)11(3)17-10(2)13-6-5-12(19-4)7-14(13)18/h5-8,10-11,17-18H,1-4H3. The minimum Gasteiger partial charge on any atom is -0.507 e. The first-order chi connectivity index (χ1) is 9.51. The van der Waals surface area contributed by atoms with Crippen molar-refractivity contribution in [3.8, 4) is 11.5 Å². The van der Waals surface area contributed by atoms with Crippen molar-refractivity contribution < 1.29 is 14.3 Å².